The molecule has 3 rings (SSSR count). The standard InChI is InChI=1S/C16H22N4O2S/c1-11(2)14-17-5-8-19(14)6-3-7-20-13-4-9-23-10-12(13)15(21)18-16(20)22/h5,8,11H,3-4,6-7,9-10H2,1-2H3,(H,18,21,22). The molecule has 6 nitrogen and oxygen atoms in total. The topological polar surface area (TPSA) is 72.7 Å². The van der Waals surface area contributed by atoms with Crippen molar-refractivity contribution in [2.45, 2.75) is 51.4 Å². The van der Waals surface area contributed by atoms with E-state index >= 15 is 0 Å². The van der Waals surface area contributed by atoms with Crippen LogP contribution in [0, 0.1) is 0 Å². The molecule has 0 amide bonds. The second-order valence-electron chi connectivity index (χ2n) is 6.13. The van der Waals surface area contributed by atoms with E-state index in [1.165, 1.54) is 0 Å². The van der Waals surface area contributed by atoms with Crippen molar-refractivity contribution in [2.24, 2.45) is 0 Å². The van der Waals surface area contributed by atoms with Crippen molar-refractivity contribution in [1.29, 1.82) is 0 Å². The highest BCUT2D eigenvalue weighted by molar-refractivity contribution is 7.98. The van der Waals surface area contributed by atoms with Crippen LogP contribution in [0.3, 0.4) is 0 Å². The molecule has 23 heavy (non-hydrogen) atoms. The Labute approximate surface area is 139 Å². The van der Waals surface area contributed by atoms with Crippen molar-refractivity contribution in [3.8, 4) is 0 Å². The second kappa shape index (κ2) is 6.78. The third kappa shape index (κ3) is 3.29. The smallest absolute Gasteiger partial charge is 0.328 e. The van der Waals surface area contributed by atoms with Gasteiger partial charge >= 0.3 is 5.69 Å². The van der Waals surface area contributed by atoms with Gasteiger partial charge in [0, 0.05) is 48.4 Å². The molecule has 0 atom stereocenters. The minimum absolute atomic E-state index is 0.217. The number of fused-ring (bicyclic) bond motifs is 1. The fourth-order valence-corrected chi connectivity index (χ4v) is 4.06. The number of aromatic nitrogens is 4. The summed E-state index contributed by atoms with van der Waals surface area (Å²) in [5.41, 5.74) is 1.19. The number of aromatic amines is 1. The first-order valence-corrected chi connectivity index (χ1v) is 9.17. The van der Waals surface area contributed by atoms with E-state index in [0.717, 1.165) is 42.2 Å². The Hall–Kier alpha value is -1.76. The molecule has 2 aromatic heterocycles. The van der Waals surface area contributed by atoms with Crippen LogP contribution in [-0.4, -0.2) is 24.9 Å². The molecule has 0 bridgehead atoms. The van der Waals surface area contributed by atoms with Gasteiger partial charge in [0.2, 0.25) is 0 Å². The van der Waals surface area contributed by atoms with Crippen LogP contribution >= 0.6 is 11.8 Å². The van der Waals surface area contributed by atoms with Crippen molar-refractivity contribution in [2.75, 3.05) is 5.75 Å². The average molecular weight is 334 g/mol. The summed E-state index contributed by atoms with van der Waals surface area (Å²) in [6, 6.07) is 0. The molecule has 0 aliphatic carbocycles. The van der Waals surface area contributed by atoms with Crippen molar-refractivity contribution in [3.63, 3.8) is 0 Å². The first-order valence-electron chi connectivity index (χ1n) is 8.01. The number of thioether (sulfide) groups is 1. The molecule has 0 unspecified atom stereocenters. The average Bonchev–Trinajstić information content (AvgIpc) is 2.99. The maximum atomic E-state index is 12.2. The van der Waals surface area contributed by atoms with Crippen LogP contribution in [0.15, 0.2) is 22.0 Å². The molecule has 124 valence electrons. The van der Waals surface area contributed by atoms with Gasteiger partial charge in [-0.3, -0.25) is 14.3 Å². The third-order valence-corrected chi connectivity index (χ3v) is 5.17. The summed E-state index contributed by atoms with van der Waals surface area (Å²) in [5, 5.41) is 0. The first kappa shape index (κ1) is 16.1. The van der Waals surface area contributed by atoms with Crippen LogP contribution in [0.5, 0.6) is 0 Å². The summed E-state index contributed by atoms with van der Waals surface area (Å²) in [7, 11) is 0. The van der Waals surface area contributed by atoms with E-state index in [0.29, 0.717) is 18.2 Å². The Kier molecular flexibility index (Phi) is 4.75. The van der Waals surface area contributed by atoms with Crippen LogP contribution in [-0.2, 0) is 25.3 Å². The first-order chi connectivity index (χ1) is 11.1. The van der Waals surface area contributed by atoms with Crippen molar-refractivity contribution in [1.82, 2.24) is 19.1 Å². The minimum Gasteiger partial charge on any atom is -0.335 e. The SMILES string of the molecule is CC(C)c1nccn1CCCn1c2c(c(=O)[nH]c1=O)CSCC2. The Balaban J connectivity index is 1.77. The van der Waals surface area contributed by atoms with Gasteiger partial charge in [0.05, 0.1) is 0 Å². The van der Waals surface area contributed by atoms with E-state index in [9.17, 15) is 9.59 Å². The summed E-state index contributed by atoms with van der Waals surface area (Å²) in [6.45, 7) is 5.69. The molecule has 0 saturated carbocycles. The molecule has 0 radical (unpaired) electrons. The number of H-pyrrole nitrogens is 1. The molecule has 1 aliphatic heterocycles. The van der Waals surface area contributed by atoms with Crippen LogP contribution < -0.4 is 11.2 Å². The van der Waals surface area contributed by atoms with Crippen LogP contribution in [0.4, 0.5) is 0 Å². The molecule has 7 heteroatoms. The van der Waals surface area contributed by atoms with E-state index in [1.54, 1.807) is 16.3 Å². The fourth-order valence-electron chi connectivity index (χ4n) is 3.08. The molecule has 3 heterocycles. The Bertz CT molecular complexity index is 803. The predicted octanol–water partition coefficient (Wildman–Crippen LogP) is 1.74. The molecular formula is C16H22N4O2S. The van der Waals surface area contributed by atoms with Crippen LogP contribution in [0.25, 0.3) is 0 Å². The zero-order valence-electron chi connectivity index (χ0n) is 13.5. The highest BCUT2D eigenvalue weighted by Gasteiger charge is 2.18. The number of nitrogens with one attached hydrogen (secondary N) is 1. The largest absolute Gasteiger partial charge is 0.335 e. The fraction of sp³-hybridized carbons (Fsp3) is 0.562. The third-order valence-electron chi connectivity index (χ3n) is 4.19. The van der Waals surface area contributed by atoms with Crippen molar-refractivity contribution in [3.05, 3.63) is 50.3 Å². The molecule has 0 spiro atoms. The molecule has 1 aliphatic rings. The normalized spacial score (nSPS) is 14.2. The maximum Gasteiger partial charge on any atom is 0.328 e. The number of aryl methyl sites for hydroxylation is 1. The van der Waals surface area contributed by atoms with Crippen LogP contribution in [0.1, 0.15) is 43.3 Å². The zero-order valence-corrected chi connectivity index (χ0v) is 14.4. The lowest BCUT2D eigenvalue weighted by molar-refractivity contribution is 0.511. The number of hydrogen-bond acceptors (Lipinski definition) is 4. The summed E-state index contributed by atoms with van der Waals surface area (Å²) < 4.78 is 3.89. The molecule has 1 N–H and O–H groups in total. The zero-order chi connectivity index (χ0) is 16.4. The monoisotopic (exact) mass is 334 g/mol. The van der Waals surface area contributed by atoms with E-state index in [-0.39, 0.29) is 11.2 Å². The number of rotatable bonds is 5. The van der Waals surface area contributed by atoms with Crippen molar-refractivity contribution >= 4 is 11.8 Å². The Morgan fingerprint density at radius 2 is 2.17 bits per heavy atom. The highest BCUT2D eigenvalue weighted by atomic mass is 32.2. The summed E-state index contributed by atoms with van der Waals surface area (Å²) in [6.07, 6.45) is 5.43. The quantitative estimate of drug-likeness (QED) is 0.904. The van der Waals surface area contributed by atoms with Gasteiger partial charge in [-0.05, 0) is 18.6 Å². The number of hydrogen-bond donors (Lipinski definition) is 1. The van der Waals surface area contributed by atoms with Gasteiger partial charge in [-0.25, -0.2) is 9.78 Å². The van der Waals surface area contributed by atoms with Gasteiger partial charge < -0.3 is 4.57 Å². The van der Waals surface area contributed by atoms with Gasteiger partial charge in [0.1, 0.15) is 5.82 Å². The lowest BCUT2D eigenvalue weighted by Gasteiger charge is -2.19. The number of imidazole rings is 1. The van der Waals surface area contributed by atoms with E-state index in [4.69, 9.17) is 0 Å². The minimum atomic E-state index is -0.282. The summed E-state index contributed by atoms with van der Waals surface area (Å²) >= 11 is 1.75. The molecule has 2 aromatic rings. The number of nitrogens with zero attached hydrogens (tertiary/aromatic N) is 3. The van der Waals surface area contributed by atoms with E-state index in [1.807, 2.05) is 12.4 Å². The van der Waals surface area contributed by atoms with E-state index in [2.05, 4.69) is 28.4 Å². The predicted molar refractivity (Wildman–Crippen MR) is 92.1 cm³/mol. The summed E-state index contributed by atoms with van der Waals surface area (Å²) in [4.78, 5) is 30.9. The lowest BCUT2D eigenvalue weighted by atomic mass is 10.2. The molecular weight excluding hydrogens is 312 g/mol. The Morgan fingerprint density at radius 3 is 2.96 bits per heavy atom. The maximum absolute atomic E-state index is 12.2. The molecule has 0 fully saturated rings. The lowest BCUT2D eigenvalue weighted by Crippen LogP contribution is -2.37. The van der Waals surface area contributed by atoms with Crippen molar-refractivity contribution < 1.29 is 0 Å². The highest BCUT2D eigenvalue weighted by Crippen LogP contribution is 2.20. The molecule has 0 saturated heterocycles. The van der Waals surface area contributed by atoms with E-state index < -0.39 is 0 Å². The van der Waals surface area contributed by atoms with Gasteiger partial charge in [0.25, 0.3) is 5.56 Å². The van der Waals surface area contributed by atoms with Crippen LogP contribution in [0.2, 0.25) is 0 Å². The second-order valence-corrected chi connectivity index (χ2v) is 7.23. The van der Waals surface area contributed by atoms with Gasteiger partial charge in [-0.15, -0.1) is 0 Å². The van der Waals surface area contributed by atoms with Gasteiger partial charge in [-0.1, -0.05) is 13.8 Å². The van der Waals surface area contributed by atoms with Gasteiger partial charge in [0.15, 0.2) is 0 Å². The molecule has 0 aromatic carbocycles. The summed E-state index contributed by atoms with van der Waals surface area (Å²) in [5.74, 6) is 3.11. The van der Waals surface area contributed by atoms with Gasteiger partial charge in [-0.2, -0.15) is 11.8 Å². The Morgan fingerprint density at radius 1 is 1.35 bits per heavy atom.